The van der Waals surface area contributed by atoms with E-state index in [1.807, 2.05) is 41.1 Å². The van der Waals surface area contributed by atoms with Crippen LogP contribution < -0.4 is 14.8 Å². The fourth-order valence-electron chi connectivity index (χ4n) is 2.63. The molecule has 0 spiro atoms. The number of ether oxygens (including phenoxy) is 2. The van der Waals surface area contributed by atoms with Gasteiger partial charge in [0.15, 0.2) is 16.7 Å². The van der Waals surface area contributed by atoms with Gasteiger partial charge >= 0.3 is 0 Å². The lowest BCUT2D eigenvalue weighted by Gasteiger charge is -2.19. The molecule has 0 saturated heterocycles. The van der Waals surface area contributed by atoms with E-state index in [1.165, 1.54) is 11.8 Å². The predicted octanol–water partition coefficient (Wildman–Crippen LogP) is 3.37. The number of rotatable bonds is 5. The molecule has 1 aliphatic rings. The Bertz CT molecular complexity index is 911. The molecule has 1 amide bonds. The van der Waals surface area contributed by atoms with E-state index in [9.17, 15) is 4.79 Å². The summed E-state index contributed by atoms with van der Waals surface area (Å²) in [7, 11) is 0. The molecule has 2 aromatic carbocycles. The van der Waals surface area contributed by atoms with Gasteiger partial charge in [-0.3, -0.25) is 9.36 Å². The molecule has 1 N–H and O–H groups in total. The summed E-state index contributed by atoms with van der Waals surface area (Å²) in [6, 6.07) is 15.3. The van der Waals surface area contributed by atoms with Crippen molar-refractivity contribution in [3.63, 3.8) is 0 Å². The highest BCUT2D eigenvalue weighted by atomic mass is 32.2. The van der Waals surface area contributed by atoms with Crippen molar-refractivity contribution >= 4 is 23.4 Å². The first-order chi connectivity index (χ1) is 12.8. The Balaban J connectivity index is 1.39. The number of thioether (sulfide) groups is 1. The van der Waals surface area contributed by atoms with Crippen LogP contribution in [0.4, 0.5) is 5.69 Å². The van der Waals surface area contributed by atoms with Gasteiger partial charge in [0.05, 0.1) is 5.75 Å². The van der Waals surface area contributed by atoms with Crippen LogP contribution in [0.5, 0.6) is 11.5 Å². The van der Waals surface area contributed by atoms with Gasteiger partial charge in [0.1, 0.15) is 13.2 Å². The number of para-hydroxylation sites is 1. The molecule has 3 aromatic rings. The quantitative estimate of drug-likeness (QED) is 0.701. The molecule has 6 nitrogen and oxygen atoms in total. The van der Waals surface area contributed by atoms with Gasteiger partial charge in [-0.1, -0.05) is 30.0 Å². The zero-order chi connectivity index (χ0) is 17.8. The van der Waals surface area contributed by atoms with E-state index >= 15 is 0 Å². The maximum Gasteiger partial charge on any atom is 0.234 e. The van der Waals surface area contributed by atoms with E-state index in [2.05, 4.69) is 10.3 Å². The van der Waals surface area contributed by atoms with Crippen LogP contribution in [-0.2, 0) is 4.79 Å². The van der Waals surface area contributed by atoms with E-state index in [-0.39, 0.29) is 11.7 Å². The number of nitrogens with one attached hydrogen (secondary N) is 1. The van der Waals surface area contributed by atoms with E-state index in [1.54, 1.807) is 24.4 Å². The maximum atomic E-state index is 12.3. The summed E-state index contributed by atoms with van der Waals surface area (Å²) in [6.45, 7) is 1.06. The smallest absolute Gasteiger partial charge is 0.234 e. The fraction of sp³-hybridized carbons (Fsp3) is 0.158. The molecule has 0 atom stereocenters. The minimum Gasteiger partial charge on any atom is -0.486 e. The van der Waals surface area contributed by atoms with Gasteiger partial charge in [-0.25, -0.2) is 4.98 Å². The molecule has 132 valence electrons. The summed E-state index contributed by atoms with van der Waals surface area (Å²) in [5, 5.41) is 3.65. The Morgan fingerprint density at radius 3 is 2.77 bits per heavy atom. The largest absolute Gasteiger partial charge is 0.486 e. The molecule has 2 heterocycles. The summed E-state index contributed by atoms with van der Waals surface area (Å²) in [4.78, 5) is 16.6. The zero-order valence-electron chi connectivity index (χ0n) is 13.9. The molecule has 1 aromatic heterocycles. The summed E-state index contributed by atoms with van der Waals surface area (Å²) in [5.74, 6) is 1.52. The Kier molecular flexibility index (Phi) is 4.79. The molecule has 0 saturated carbocycles. The van der Waals surface area contributed by atoms with Crippen molar-refractivity contribution in [1.29, 1.82) is 0 Å². The second-order valence-corrected chi connectivity index (χ2v) is 6.55. The molecule has 7 heteroatoms. The monoisotopic (exact) mass is 367 g/mol. The number of carbonyl (C=O) groups is 1. The number of fused-ring (bicyclic) bond motifs is 1. The van der Waals surface area contributed by atoms with Crippen LogP contribution in [0.2, 0.25) is 0 Å². The number of amides is 1. The van der Waals surface area contributed by atoms with Gasteiger partial charge in [0, 0.05) is 29.8 Å². The van der Waals surface area contributed by atoms with Crippen molar-refractivity contribution in [2.75, 3.05) is 24.3 Å². The average molecular weight is 367 g/mol. The average Bonchev–Trinajstić information content (AvgIpc) is 3.16. The van der Waals surface area contributed by atoms with E-state index in [0.29, 0.717) is 30.4 Å². The van der Waals surface area contributed by atoms with Crippen molar-refractivity contribution in [3.8, 4) is 17.2 Å². The van der Waals surface area contributed by atoms with Crippen LogP contribution in [0.1, 0.15) is 0 Å². The molecular formula is C19H17N3O3S. The van der Waals surface area contributed by atoms with E-state index in [0.717, 1.165) is 10.8 Å². The van der Waals surface area contributed by atoms with Crippen molar-refractivity contribution in [2.24, 2.45) is 0 Å². The number of nitrogens with zero attached hydrogens (tertiary/aromatic N) is 2. The fourth-order valence-corrected chi connectivity index (χ4v) is 3.40. The third-order valence-electron chi connectivity index (χ3n) is 3.80. The molecule has 0 unspecified atom stereocenters. The van der Waals surface area contributed by atoms with Gasteiger partial charge in [0.25, 0.3) is 0 Å². The van der Waals surface area contributed by atoms with Crippen LogP contribution in [-0.4, -0.2) is 34.4 Å². The summed E-state index contributed by atoms with van der Waals surface area (Å²) < 4.78 is 13.0. The number of carbonyl (C=O) groups excluding carboxylic acids is 1. The molecule has 0 fully saturated rings. The highest BCUT2D eigenvalue weighted by Gasteiger charge is 2.13. The topological polar surface area (TPSA) is 65.4 Å². The van der Waals surface area contributed by atoms with Crippen molar-refractivity contribution in [3.05, 3.63) is 60.9 Å². The number of imidazole rings is 1. The van der Waals surface area contributed by atoms with Crippen LogP contribution in [0, 0.1) is 0 Å². The second kappa shape index (κ2) is 7.53. The third kappa shape index (κ3) is 3.67. The van der Waals surface area contributed by atoms with Gasteiger partial charge in [0.2, 0.25) is 5.91 Å². The van der Waals surface area contributed by atoms with Gasteiger partial charge in [-0.2, -0.15) is 0 Å². The normalized spacial score (nSPS) is 12.6. The number of hydrogen-bond donors (Lipinski definition) is 1. The first kappa shape index (κ1) is 16.5. The molecule has 0 bridgehead atoms. The number of aromatic nitrogens is 2. The Morgan fingerprint density at radius 1 is 1.12 bits per heavy atom. The molecular weight excluding hydrogens is 350 g/mol. The summed E-state index contributed by atoms with van der Waals surface area (Å²) in [5.41, 5.74) is 1.70. The second-order valence-electron chi connectivity index (χ2n) is 5.61. The SMILES string of the molecule is O=C(CSc1nccn1-c1ccccc1)Nc1ccc2c(c1)OCCO2. The summed E-state index contributed by atoms with van der Waals surface area (Å²) in [6.07, 6.45) is 3.62. The Labute approximate surface area is 155 Å². The third-order valence-corrected chi connectivity index (χ3v) is 4.77. The minimum atomic E-state index is -0.103. The highest BCUT2D eigenvalue weighted by molar-refractivity contribution is 7.99. The lowest BCUT2D eigenvalue weighted by molar-refractivity contribution is -0.113. The lowest BCUT2D eigenvalue weighted by atomic mass is 10.2. The lowest BCUT2D eigenvalue weighted by Crippen LogP contribution is -2.17. The van der Waals surface area contributed by atoms with Gasteiger partial charge in [-0.15, -0.1) is 0 Å². The van der Waals surface area contributed by atoms with Crippen molar-refractivity contribution in [1.82, 2.24) is 9.55 Å². The van der Waals surface area contributed by atoms with Crippen LogP contribution in [0.3, 0.4) is 0 Å². The summed E-state index contributed by atoms with van der Waals surface area (Å²) >= 11 is 1.39. The maximum absolute atomic E-state index is 12.3. The number of benzene rings is 2. The first-order valence-corrected chi connectivity index (χ1v) is 9.19. The Hall–Kier alpha value is -2.93. The highest BCUT2D eigenvalue weighted by Crippen LogP contribution is 2.32. The molecule has 26 heavy (non-hydrogen) atoms. The number of anilines is 1. The first-order valence-electron chi connectivity index (χ1n) is 8.21. The van der Waals surface area contributed by atoms with E-state index in [4.69, 9.17) is 9.47 Å². The molecule has 0 radical (unpaired) electrons. The van der Waals surface area contributed by atoms with E-state index < -0.39 is 0 Å². The standard InChI is InChI=1S/C19H17N3O3S/c23-18(21-14-6-7-16-17(12-14)25-11-10-24-16)13-26-19-20-8-9-22(19)15-4-2-1-3-5-15/h1-9,12H,10-11,13H2,(H,21,23). The minimum absolute atomic E-state index is 0.103. The van der Waals surface area contributed by atoms with Crippen LogP contribution in [0.15, 0.2) is 66.1 Å². The number of hydrogen-bond acceptors (Lipinski definition) is 5. The van der Waals surface area contributed by atoms with Crippen molar-refractivity contribution < 1.29 is 14.3 Å². The van der Waals surface area contributed by atoms with Crippen LogP contribution in [0.25, 0.3) is 5.69 Å². The van der Waals surface area contributed by atoms with Gasteiger partial charge < -0.3 is 14.8 Å². The van der Waals surface area contributed by atoms with Crippen LogP contribution >= 0.6 is 11.8 Å². The predicted molar refractivity (Wildman–Crippen MR) is 100 cm³/mol. The van der Waals surface area contributed by atoms with Gasteiger partial charge in [-0.05, 0) is 24.3 Å². The molecule has 0 aliphatic carbocycles. The Morgan fingerprint density at radius 2 is 1.92 bits per heavy atom. The molecule has 4 rings (SSSR count). The molecule has 1 aliphatic heterocycles. The van der Waals surface area contributed by atoms with Crippen molar-refractivity contribution in [2.45, 2.75) is 5.16 Å². The zero-order valence-corrected chi connectivity index (χ0v) is 14.7.